The molecule has 0 unspecified atom stereocenters. The van der Waals surface area contributed by atoms with Gasteiger partial charge in [0.25, 0.3) is 0 Å². The van der Waals surface area contributed by atoms with Gasteiger partial charge in [-0.15, -0.1) is 0 Å². The van der Waals surface area contributed by atoms with Crippen molar-refractivity contribution in [3.63, 3.8) is 0 Å². The zero-order valence-electron chi connectivity index (χ0n) is 9.46. The van der Waals surface area contributed by atoms with Crippen molar-refractivity contribution in [2.45, 2.75) is 19.9 Å². The molecule has 0 aromatic carbocycles. The molecule has 0 saturated heterocycles. The lowest BCUT2D eigenvalue weighted by atomic mass is 10.4. The van der Waals surface area contributed by atoms with Crippen LogP contribution in [0.5, 0.6) is 11.6 Å². The lowest BCUT2D eigenvalue weighted by Gasteiger charge is -2.05. The van der Waals surface area contributed by atoms with Gasteiger partial charge in [-0.25, -0.2) is 9.97 Å². The maximum Gasteiger partial charge on any atom is 0.239 e. The van der Waals surface area contributed by atoms with E-state index in [0.717, 1.165) is 0 Å². The van der Waals surface area contributed by atoms with E-state index in [9.17, 15) is 0 Å². The maximum atomic E-state index is 5.63. The van der Waals surface area contributed by atoms with Crippen molar-refractivity contribution in [1.29, 1.82) is 0 Å². The standard InChI is InChI=1S/C10H12BrN5O/c1-6(2)16-4-7(3-15-16)17-10-8(11)9(12)13-5-14-10/h3-6H,1-2H3,(H2,12,13,14). The van der Waals surface area contributed by atoms with Gasteiger partial charge in [-0.2, -0.15) is 5.10 Å². The van der Waals surface area contributed by atoms with Crippen molar-refractivity contribution in [3.05, 3.63) is 23.2 Å². The first kappa shape index (κ1) is 11.8. The lowest BCUT2D eigenvalue weighted by molar-refractivity contribution is 0.455. The summed E-state index contributed by atoms with van der Waals surface area (Å²) in [6.45, 7) is 4.07. The smallest absolute Gasteiger partial charge is 0.239 e. The summed E-state index contributed by atoms with van der Waals surface area (Å²) in [5.41, 5.74) is 5.63. The summed E-state index contributed by atoms with van der Waals surface area (Å²) < 4.78 is 7.90. The molecule has 17 heavy (non-hydrogen) atoms. The van der Waals surface area contributed by atoms with Crippen LogP contribution in [0, 0.1) is 0 Å². The summed E-state index contributed by atoms with van der Waals surface area (Å²) in [7, 11) is 0. The minimum atomic E-state index is 0.284. The SMILES string of the molecule is CC(C)n1cc(Oc2ncnc(N)c2Br)cn1. The van der Waals surface area contributed by atoms with Crippen molar-refractivity contribution in [1.82, 2.24) is 19.7 Å². The topological polar surface area (TPSA) is 78.8 Å². The Morgan fingerprint density at radius 3 is 2.82 bits per heavy atom. The largest absolute Gasteiger partial charge is 0.434 e. The normalized spacial score (nSPS) is 10.8. The van der Waals surface area contributed by atoms with Gasteiger partial charge in [-0.1, -0.05) is 0 Å². The lowest BCUT2D eigenvalue weighted by Crippen LogP contribution is -2.00. The van der Waals surface area contributed by atoms with Crippen LogP contribution in [0.1, 0.15) is 19.9 Å². The first-order valence-electron chi connectivity index (χ1n) is 5.06. The highest BCUT2D eigenvalue weighted by atomic mass is 79.9. The summed E-state index contributed by atoms with van der Waals surface area (Å²) >= 11 is 3.27. The fraction of sp³-hybridized carbons (Fsp3) is 0.300. The average molecular weight is 298 g/mol. The highest BCUT2D eigenvalue weighted by molar-refractivity contribution is 9.10. The second-order valence-corrected chi connectivity index (χ2v) is 4.52. The van der Waals surface area contributed by atoms with E-state index in [-0.39, 0.29) is 6.04 Å². The number of nitrogens with two attached hydrogens (primary N) is 1. The van der Waals surface area contributed by atoms with Crippen molar-refractivity contribution in [3.8, 4) is 11.6 Å². The summed E-state index contributed by atoms with van der Waals surface area (Å²) in [6, 6.07) is 0.284. The van der Waals surface area contributed by atoms with Crippen LogP contribution in [0.2, 0.25) is 0 Å². The first-order valence-corrected chi connectivity index (χ1v) is 5.85. The molecule has 0 fully saturated rings. The number of halogens is 1. The van der Waals surface area contributed by atoms with Crippen molar-refractivity contribution < 1.29 is 4.74 Å². The van der Waals surface area contributed by atoms with Crippen molar-refractivity contribution >= 4 is 21.7 Å². The first-order chi connectivity index (χ1) is 8.08. The second kappa shape index (κ2) is 4.70. The van der Waals surface area contributed by atoms with Crippen LogP contribution < -0.4 is 10.5 Å². The third-order valence-corrected chi connectivity index (χ3v) is 2.85. The van der Waals surface area contributed by atoms with Gasteiger partial charge < -0.3 is 10.5 Å². The number of rotatable bonds is 3. The minimum Gasteiger partial charge on any atom is -0.434 e. The van der Waals surface area contributed by atoms with Crippen LogP contribution in [-0.2, 0) is 0 Å². The van der Waals surface area contributed by atoms with Gasteiger partial charge in [-0.05, 0) is 29.8 Å². The van der Waals surface area contributed by atoms with Crippen LogP contribution >= 0.6 is 15.9 Å². The van der Waals surface area contributed by atoms with Gasteiger partial charge >= 0.3 is 0 Å². The Morgan fingerprint density at radius 1 is 1.41 bits per heavy atom. The number of hydrogen-bond acceptors (Lipinski definition) is 5. The van der Waals surface area contributed by atoms with Gasteiger partial charge in [-0.3, -0.25) is 4.68 Å². The Labute approximate surface area is 107 Å². The van der Waals surface area contributed by atoms with E-state index in [1.807, 2.05) is 13.8 Å². The quantitative estimate of drug-likeness (QED) is 0.941. The predicted octanol–water partition coefficient (Wildman–Crippen LogP) is 2.39. The fourth-order valence-corrected chi connectivity index (χ4v) is 1.49. The molecular formula is C10H12BrN5O. The van der Waals surface area contributed by atoms with Gasteiger partial charge in [0.05, 0.1) is 12.4 Å². The van der Waals surface area contributed by atoms with E-state index >= 15 is 0 Å². The molecule has 0 atom stereocenters. The molecule has 0 aliphatic heterocycles. The number of nitrogen functional groups attached to an aromatic ring is 1. The zero-order chi connectivity index (χ0) is 12.4. The van der Waals surface area contributed by atoms with Gasteiger partial charge in [0.1, 0.15) is 16.6 Å². The molecule has 6 nitrogen and oxygen atoms in total. The van der Waals surface area contributed by atoms with Gasteiger partial charge in [0, 0.05) is 6.04 Å². The molecule has 0 spiro atoms. The molecule has 0 saturated carbocycles. The molecule has 2 aromatic rings. The Bertz CT molecular complexity index is 525. The number of hydrogen-bond donors (Lipinski definition) is 1. The molecule has 2 aromatic heterocycles. The molecule has 90 valence electrons. The molecule has 2 rings (SSSR count). The molecular weight excluding hydrogens is 286 g/mol. The number of ether oxygens (including phenoxy) is 1. The summed E-state index contributed by atoms with van der Waals surface area (Å²) in [4.78, 5) is 7.82. The van der Waals surface area contributed by atoms with E-state index in [1.165, 1.54) is 6.33 Å². The third kappa shape index (κ3) is 2.55. The van der Waals surface area contributed by atoms with Crippen LogP contribution in [0.4, 0.5) is 5.82 Å². The van der Waals surface area contributed by atoms with E-state index in [0.29, 0.717) is 21.9 Å². The molecule has 0 amide bonds. The minimum absolute atomic E-state index is 0.284. The molecule has 0 aliphatic rings. The third-order valence-electron chi connectivity index (χ3n) is 2.11. The number of aromatic nitrogens is 4. The Balaban J connectivity index is 2.22. The van der Waals surface area contributed by atoms with Gasteiger partial charge in [0.2, 0.25) is 5.88 Å². The number of nitrogens with zero attached hydrogens (tertiary/aromatic N) is 4. The predicted molar refractivity (Wildman–Crippen MR) is 66.8 cm³/mol. The van der Waals surface area contributed by atoms with Crippen LogP contribution in [0.3, 0.4) is 0 Å². The van der Waals surface area contributed by atoms with Crippen LogP contribution in [0.25, 0.3) is 0 Å². The van der Waals surface area contributed by atoms with E-state index in [2.05, 4.69) is 31.0 Å². The van der Waals surface area contributed by atoms with Crippen LogP contribution in [0.15, 0.2) is 23.2 Å². The van der Waals surface area contributed by atoms with Crippen molar-refractivity contribution in [2.75, 3.05) is 5.73 Å². The molecule has 0 aliphatic carbocycles. The van der Waals surface area contributed by atoms with E-state index in [4.69, 9.17) is 10.5 Å². The fourth-order valence-electron chi connectivity index (χ4n) is 1.20. The average Bonchev–Trinajstić information content (AvgIpc) is 2.73. The highest BCUT2D eigenvalue weighted by Gasteiger charge is 2.10. The maximum absolute atomic E-state index is 5.63. The molecule has 0 radical (unpaired) electrons. The Hall–Kier alpha value is -1.63. The Morgan fingerprint density at radius 2 is 2.18 bits per heavy atom. The van der Waals surface area contributed by atoms with Crippen LogP contribution in [-0.4, -0.2) is 19.7 Å². The highest BCUT2D eigenvalue weighted by Crippen LogP contribution is 2.30. The monoisotopic (exact) mass is 297 g/mol. The molecule has 2 N–H and O–H groups in total. The van der Waals surface area contributed by atoms with E-state index in [1.54, 1.807) is 17.1 Å². The summed E-state index contributed by atoms with van der Waals surface area (Å²) in [5.74, 6) is 1.32. The molecule has 2 heterocycles. The molecule has 7 heteroatoms. The summed E-state index contributed by atoms with van der Waals surface area (Å²) in [5, 5.41) is 4.17. The Kier molecular flexibility index (Phi) is 3.28. The van der Waals surface area contributed by atoms with E-state index < -0.39 is 0 Å². The van der Waals surface area contributed by atoms with Crippen molar-refractivity contribution in [2.24, 2.45) is 0 Å². The summed E-state index contributed by atoms with van der Waals surface area (Å²) in [6.07, 6.45) is 4.78. The number of anilines is 1. The zero-order valence-corrected chi connectivity index (χ0v) is 11.0. The second-order valence-electron chi connectivity index (χ2n) is 3.73. The molecule has 0 bridgehead atoms. The van der Waals surface area contributed by atoms with Gasteiger partial charge in [0.15, 0.2) is 5.75 Å².